The minimum Gasteiger partial charge on any atom is -0.480 e. The molecule has 5 N–H and O–H groups in total. The highest BCUT2D eigenvalue weighted by Gasteiger charge is 2.30. The highest BCUT2D eigenvalue weighted by molar-refractivity contribution is 6.00. The van der Waals surface area contributed by atoms with E-state index in [1.807, 2.05) is 0 Å². The Labute approximate surface area is 130 Å². The lowest BCUT2D eigenvalue weighted by molar-refractivity contribution is -0.384. The summed E-state index contributed by atoms with van der Waals surface area (Å²) in [4.78, 5) is 45.2. The lowest BCUT2D eigenvalue weighted by atomic mass is 10.1. The summed E-state index contributed by atoms with van der Waals surface area (Å²) < 4.78 is 0. The molecule has 0 saturated heterocycles. The van der Waals surface area contributed by atoms with Gasteiger partial charge in [0.2, 0.25) is 11.8 Å². The SMILES string of the molecule is NCC(=O)N(c1ccc([N+](=O)[O-])cc1)[C@@H](CCC(N)=O)C(=O)O. The Morgan fingerprint density at radius 1 is 1.26 bits per heavy atom. The number of nitrogens with zero attached hydrogens (tertiary/aromatic N) is 2. The van der Waals surface area contributed by atoms with Crippen LogP contribution in [0.1, 0.15) is 12.8 Å². The number of carbonyl (C=O) groups is 3. The molecule has 10 nitrogen and oxygen atoms in total. The van der Waals surface area contributed by atoms with Crippen molar-refractivity contribution in [2.45, 2.75) is 18.9 Å². The number of hydrogen-bond donors (Lipinski definition) is 3. The van der Waals surface area contributed by atoms with E-state index in [9.17, 15) is 29.6 Å². The van der Waals surface area contributed by atoms with Crippen LogP contribution in [0.25, 0.3) is 0 Å². The van der Waals surface area contributed by atoms with Crippen molar-refractivity contribution < 1.29 is 24.4 Å². The van der Waals surface area contributed by atoms with E-state index in [0.717, 1.165) is 17.0 Å². The molecule has 1 rings (SSSR count). The number of carboxylic acid groups (broad SMARTS) is 1. The highest BCUT2D eigenvalue weighted by Crippen LogP contribution is 2.23. The van der Waals surface area contributed by atoms with Crippen LogP contribution in [0, 0.1) is 10.1 Å². The molecule has 0 saturated carbocycles. The molecule has 0 unspecified atom stereocenters. The van der Waals surface area contributed by atoms with Crippen LogP contribution in [0.3, 0.4) is 0 Å². The fourth-order valence-electron chi connectivity index (χ4n) is 1.97. The number of amides is 2. The van der Waals surface area contributed by atoms with Crippen molar-refractivity contribution in [1.29, 1.82) is 0 Å². The largest absolute Gasteiger partial charge is 0.480 e. The number of nitrogens with two attached hydrogens (primary N) is 2. The van der Waals surface area contributed by atoms with Gasteiger partial charge in [0, 0.05) is 24.2 Å². The molecule has 0 fully saturated rings. The first-order valence-corrected chi connectivity index (χ1v) is 6.55. The molecule has 10 heteroatoms. The Bertz CT molecular complexity index is 615. The lowest BCUT2D eigenvalue weighted by Crippen LogP contribution is -2.48. The van der Waals surface area contributed by atoms with Crippen molar-refractivity contribution in [1.82, 2.24) is 0 Å². The highest BCUT2D eigenvalue weighted by atomic mass is 16.6. The first-order valence-electron chi connectivity index (χ1n) is 6.55. The summed E-state index contributed by atoms with van der Waals surface area (Å²) in [6, 6.07) is 3.40. The first-order chi connectivity index (χ1) is 10.8. The fourth-order valence-corrected chi connectivity index (χ4v) is 1.97. The van der Waals surface area contributed by atoms with Crippen LogP contribution >= 0.6 is 0 Å². The number of nitro benzene ring substituents is 1. The maximum Gasteiger partial charge on any atom is 0.326 e. The van der Waals surface area contributed by atoms with Gasteiger partial charge in [0.25, 0.3) is 5.69 Å². The van der Waals surface area contributed by atoms with Crippen LogP contribution in [0.4, 0.5) is 11.4 Å². The number of nitro groups is 1. The molecule has 2 amide bonds. The number of aliphatic carboxylic acids is 1. The number of primary amides is 1. The van der Waals surface area contributed by atoms with Crippen LogP contribution in [0.2, 0.25) is 0 Å². The van der Waals surface area contributed by atoms with E-state index in [2.05, 4.69) is 0 Å². The molecule has 124 valence electrons. The van der Waals surface area contributed by atoms with Crippen molar-refractivity contribution >= 4 is 29.2 Å². The molecule has 0 aliphatic rings. The summed E-state index contributed by atoms with van der Waals surface area (Å²) in [6.45, 7) is -0.461. The van der Waals surface area contributed by atoms with Gasteiger partial charge < -0.3 is 16.6 Å². The maximum atomic E-state index is 12.0. The lowest BCUT2D eigenvalue weighted by Gasteiger charge is -2.28. The summed E-state index contributed by atoms with van der Waals surface area (Å²) in [5, 5.41) is 20.0. The maximum absolute atomic E-state index is 12.0. The van der Waals surface area contributed by atoms with Crippen LogP contribution in [0.15, 0.2) is 24.3 Å². The molecule has 0 radical (unpaired) electrons. The molecule has 1 aromatic carbocycles. The average molecular weight is 324 g/mol. The van der Waals surface area contributed by atoms with Gasteiger partial charge in [-0.3, -0.25) is 24.6 Å². The van der Waals surface area contributed by atoms with E-state index < -0.39 is 35.3 Å². The minimum absolute atomic E-state index is 0.128. The second kappa shape index (κ2) is 7.84. The molecular weight excluding hydrogens is 308 g/mol. The van der Waals surface area contributed by atoms with Crippen molar-refractivity contribution in [3.63, 3.8) is 0 Å². The predicted molar refractivity (Wildman–Crippen MR) is 79.5 cm³/mol. The van der Waals surface area contributed by atoms with Gasteiger partial charge >= 0.3 is 5.97 Å². The van der Waals surface area contributed by atoms with Crippen molar-refractivity contribution in [3.8, 4) is 0 Å². The van der Waals surface area contributed by atoms with Gasteiger partial charge in [0.1, 0.15) is 6.04 Å². The summed E-state index contributed by atoms with van der Waals surface area (Å²) in [6.07, 6.45) is -0.439. The molecule has 23 heavy (non-hydrogen) atoms. The van der Waals surface area contributed by atoms with E-state index in [4.69, 9.17) is 11.5 Å². The van der Waals surface area contributed by atoms with Crippen LogP contribution in [0.5, 0.6) is 0 Å². The quantitative estimate of drug-likeness (QED) is 0.431. The molecule has 0 heterocycles. The number of carbonyl (C=O) groups excluding carboxylic acids is 2. The summed E-state index contributed by atoms with van der Waals surface area (Å²) in [7, 11) is 0. The average Bonchev–Trinajstić information content (AvgIpc) is 2.50. The van der Waals surface area contributed by atoms with Crippen LogP contribution < -0.4 is 16.4 Å². The molecular formula is C13H16N4O6. The Balaban J connectivity index is 3.19. The number of anilines is 1. The van der Waals surface area contributed by atoms with Crippen LogP contribution in [-0.4, -0.2) is 40.4 Å². The van der Waals surface area contributed by atoms with Crippen molar-refractivity contribution in [2.75, 3.05) is 11.4 Å². The number of carboxylic acids is 1. The summed E-state index contributed by atoms with van der Waals surface area (Å²) >= 11 is 0. The van der Waals surface area contributed by atoms with E-state index in [-0.39, 0.29) is 24.2 Å². The molecule has 0 aromatic heterocycles. The Morgan fingerprint density at radius 2 is 1.83 bits per heavy atom. The normalized spacial score (nSPS) is 11.5. The second-order valence-corrected chi connectivity index (χ2v) is 4.60. The third kappa shape index (κ3) is 4.74. The van der Waals surface area contributed by atoms with Gasteiger partial charge in [-0.1, -0.05) is 0 Å². The van der Waals surface area contributed by atoms with E-state index in [1.54, 1.807) is 0 Å². The van der Waals surface area contributed by atoms with Gasteiger partial charge in [-0.05, 0) is 18.6 Å². The zero-order valence-corrected chi connectivity index (χ0v) is 12.0. The number of rotatable bonds is 8. The first kappa shape index (κ1) is 18.0. The van der Waals surface area contributed by atoms with E-state index >= 15 is 0 Å². The predicted octanol–water partition coefficient (Wildman–Crippen LogP) is -0.395. The molecule has 0 aliphatic heterocycles. The van der Waals surface area contributed by atoms with E-state index in [1.165, 1.54) is 12.1 Å². The number of hydrogen-bond acceptors (Lipinski definition) is 6. The summed E-state index contributed by atoms with van der Waals surface area (Å²) in [5.74, 6) is -2.75. The van der Waals surface area contributed by atoms with Gasteiger partial charge in [-0.2, -0.15) is 0 Å². The second-order valence-electron chi connectivity index (χ2n) is 4.60. The minimum atomic E-state index is -1.36. The zero-order chi connectivity index (χ0) is 17.6. The Morgan fingerprint density at radius 3 is 2.22 bits per heavy atom. The van der Waals surface area contributed by atoms with Gasteiger partial charge in [0.15, 0.2) is 0 Å². The fraction of sp³-hybridized carbons (Fsp3) is 0.308. The van der Waals surface area contributed by atoms with E-state index in [0.29, 0.717) is 0 Å². The van der Waals surface area contributed by atoms with Gasteiger partial charge in [-0.25, -0.2) is 4.79 Å². The molecule has 0 aliphatic carbocycles. The van der Waals surface area contributed by atoms with Crippen LogP contribution in [-0.2, 0) is 14.4 Å². The number of non-ortho nitro benzene ring substituents is 1. The van der Waals surface area contributed by atoms with Crippen molar-refractivity contribution in [3.05, 3.63) is 34.4 Å². The topological polar surface area (TPSA) is 170 Å². The standard InChI is InChI=1S/C13H16N4O6/c14-7-12(19)16(10(13(20)21)5-6-11(15)18)8-1-3-9(4-2-8)17(22)23/h1-4,10H,5-7,14H2,(H2,15,18)(H,20,21)/t10-/m0/s1. The van der Waals surface area contributed by atoms with Crippen molar-refractivity contribution in [2.24, 2.45) is 11.5 Å². The Hall–Kier alpha value is -3.01. The molecule has 1 aromatic rings. The zero-order valence-electron chi connectivity index (χ0n) is 12.0. The smallest absolute Gasteiger partial charge is 0.326 e. The summed E-state index contributed by atoms with van der Waals surface area (Å²) in [5.41, 5.74) is 10.2. The Kier molecular flexibility index (Phi) is 6.15. The number of benzene rings is 1. The molecule has 1 atom stereocenters. The van der Waals surface area contributed by atoms with Gasteiger partial charge in [0.05, 0.1) is 11.5 Å². The monoisotopic (exact) mass is 324 g/mol. The van der Waals surface area contributed by atoms with Gasteiger partial charge in [-0.15, -0.1) is 0 Å². The third-order valence-electron chi connectivity index (χ3n) is 3.04. The molecule has 0 bridgehead atoms. The molecule has 0 spiro atoms. The third-order valence-corrected chi connectivity index (χ3v) is 3.04.